The minimum Gasteiger partial charge on any atom is -0.394 e. The summed E-state index contributed by atoms with van der Waals surface area (Å²) in [7, 11) is 0. The number of hydrogen-bond acceptors (Lipinski definition) is 2. The van der Waals surface area contributed by atoms with Gasteiger partial charge in [0, 0.05) is 0 Å². The summed E-state index contributed by atoms with van der Waals surface area (Å²) in [5.41, 5.74) is 2.55. The molecule has 0 fully saturated rings. The van der Waals surface area contributed by atoms with Gasteiger partial charge in [0.1, 0.15) is 0 Å². The molecule has 2 amide bonds. The van der Waals surface area contributed by atoms with E-state index in [2.05, 4.69) is 10.6 Å². The van der Waals surface area contributed by atoms with Gasteiger partial charge in [-0.25, -0.2) is 4.79 Å². The lowest BCUT2D eigenvalue weighted by Crippen LogP contribution is -2.38. The summed E-state index contributed by atoms with van der Waals surface area (Å²) in [6.07, 6.45) is 0. The average molecular weight is 257 g/mol. The molecule has 0 aliphatic heterocycles. The first-order valence-electron chi connectivity index (χ1n) is 5.39. The maximum atomic E-state index is 11.6. The van der Waals surface area contributed by atoms with Gasteiger partial charge < -0.3 is 15.7 Å². The predicted molar refractivity (Wildman–Crippen MR) is 69.6 cm³/mol. The highest BCUT2D eigenvalue weighted by atomic mass is 35.5. The molecule has 0 aromatic heterocycles. The summed E-state index contributed by atoms with van der Waals surface area (Å²) in [5, 5.41) is 14.6. The first-order chi connectivity index (χ1) is 7.93. The maximum Gasteiger partial charge on any atom is 0.319 e. The van der Waals surface area contributed by atoms with E-state index in [9.17, 15) is 4.79 Å². The predicted octanol–water partition coefficient (Wildman–Crippen LogP) is 2.46. The van der Waals surface area contributed by atoms with Crippen LogP contribution < -0.4 is 10.6 Å². The molecular weight excluding hydrogens is 240 g/mol. The van der Waals surface area contributed by atoms with E-state index < -0.39 is 0 Å². The number of anilines is 1. The lowest BCUT2D eigenvalue weighted by atomic mass is 10.1. The van der Waals surface area contributed by atoms with Gasteiger partial charge in [-0.1, -0.05) is 17.7 Å². The number of carbonyl (C=O) groups is 1. The van der Waals surface area contributed by atoms with E-state index >= 15 is 0 Å². The van der Waals surface area contributed by atoms with Crippen LogP contribution in [0.25, 0.3) is 0 Å². The number of aliphatic hydroxyl groups is 1. The smallest absolute Gasteiger partial charge is 0.319 e. The number of nitrogens with one attached hydrogen (secondary N) is 2. The van der Waals surface area contributed by atoms with E-state index in [4.69, 9.17) is 16.7 Å². The second-order valence-corrected chi connectivity index (χ2v) is 4.53. The van der Waals surface area contributed by atoms with E-state index in [0.717, 1.165) is 11.1 Å². The number of aliphatic hydroxyl groups excluding tert-OH is 1. The largest absolute Gasteiger partial charge is 0.394 e. The minimum atomic E-state index is -0.375. The van der Waals surface area contributed by atoms with Crippen LogP contribution in [0, 0.1) is 13.8 Å². The van der Waals surface area contributed by atoms with Crippen molar-refractivity contribution in [2.24, 2.45) is 0 Å². The van der Waals surface area contributed by atoms with Crippen LogP contribution in [-0.2, 0) is 0 Å². The third-order valence-corrected chi connectivity index (χ3v) is 2.62. The Labute approximate surface area is 106 Å². The molecule has 0 aliphatic carbocycles. The number of benzene rings is 1. The van der Waals surface area contributed by atoms with Crippen LogP contribution in [0.2, 0.25) is 5.02 Å². The maximum absolute atomic E-state index is 11.6. The van der Waals surface area contributed by atoms with E-state index in [1.165, 1.54) is 0 Å². The zero-order valence-electron chi connectivity index (χ0n) is 10.2. The van der Waals surface area contributed by atoms with E-state index in [0.29, 0.717) is 10.7 Å². The molecule has 1 rings (SSSR count). The molecule has 1 aromatic rings. The fourth-order valence-corrected chi connectivity index (χ4v) is 1.86. The lowest BCUT2D eigenvalue weighted by molar-refractivity contribution is 0.229. The fraction of sp³-hybridized carbons (Fsp3) is 0.417. The van der Waals surface area contributed by atoms with Crippen LogP contribution in [0.15, 0.2) is 12.1 Å². The first kappa shape index (κ1) is 13.8. The summed E-state index contributed by atoms with van der Waals surface area (Å²) >= 11 is 6.06. The number of aryl methyl sites for hydroxylation is 2. The van der Waals surface area contributed by atoms with Gasteiger partial charge in [-0.2, -0.15) is 0 Å². The number of rotatable bonds is 3. The highest BCUT2D eigenvalue weighted by Gasteiger charge is 2.10. The van der Waals surface area contributed by atoms with E-state index in [1.807, 2.05) is 19.9 Å². The first-order valence-corrected chi connectivity index (χ1v) is 5.77. The number of hydrogen-bond donors (Lipinski definition) is 3. The molecule has 5 heteroatoms. The Kier molecular flexibility index (Phi) is 4.78. The van der Waals surface area contributed by atoms with Crippen LogP contribution in [0.5, 0.6) is 0 Å². The second kappa shape index (κ2) is 5.89. The topological polar surface area (TPSA) is 61.4 Å². The zero-order chi connectivity index (χ0) is 13.0. The summed E-state index contributed by atoms with van der Waals surface area (Å²) in [4.78, 5) is 11.6. The van der Waals surface area contributed by atoms with E-state index in [-0.39, 0.29) is 18.7 Å². The van der Waals surface area contributed by atoms with E-state index in [1.54, 1.807) is 13.0 Å². The third kappa shape index (κ3) is 3.91. The highest BCUT2D eigenvalue weighted by molar-refractivity contribution is 6.34. The molecule has 3 N–H and O–H groups in total. The van der Waals surface area contributed by atoms with Gasteiger partial charge in [0.2, 0.25) is 0 Å². The molecule has 17 heavy (non-hydrogen) atoms. The lowest BCUT2D eigenvalue weighted by Gasteiger charge is -2.15. The quantitative estimate of drug-likeness (QED) is 0.778. The average Bonchev–Trinajstić information content (AvgIpc) is 2.23. The number of urea groups is 1. The molecule has 1 atom stereocenters. The van der Waals surface area contributed by atoms with Crippen molar-refractivity contribution < 1.29 is 9.90 Å². The normalized spacial score (nSPS) is 12.1. The molecule has 0 saturated carbocycles. The van der Waals surface area contributed by atoms with Gasteiger partial charge in [-0.15, -0.1) is 0 Å². The van der Waals surface area contributed by atoms with Crippen molar-refractivity contribution in [3.8, 4) is 0 Å². The van der Waals surface area contributed by atoms with Gasteiger partial charge in [0.05, 0.1) is 23.4 Å². The molecule has 1 aromatic carbocycles. The standard InChI is InChI=1S/C12H17ClN2O2/c1-7-4-8(2)11(10(13)5-7)15-12(17)14-9(3)6-16/h4-5,9,16H,6H2,1-3H3,(H2,14,15,17). The summed E-state index contributed by atoms with van der Waals surface area (Å²) < 4.78 is 0. The van der Waals surface area contributed by atoms with Crippen molar-refractivity contribution >= 4 is 23.3 Å². The van der Waals surface area contributed by atoms with Crippen molar-refractivity contribution in [1.29, 1.82) is 0 Å². The van der Waals surface area contributed by atoms with Gasteiger partial charge in [0.25, 0.3) is 0 Å². The number of halogens is 1. The molecule has 0 radical (unpaired) electrons. The molecule has 0 saturated heterocycles. The third-order valence-electron chi connectivity index (χ3n) is 2.32. The Balaban J connectivity index is 2.78. The summed E-state index contributed by atoms with van der Waals surface area (Å²) in [6, 6.07) is 3.07. The second-order valence-electron chi connectivity index (χ2n) is 4.12. The van der Waals surface area contributed by atoms with Crippen LogP contribution in [0.4, 0.5) is 10.5 Å². The Morgan fingerprint density at radius 1 is 1.47 bits per heavy atom. The Morgan fingerprint density at radius 2 is 2.12 bits per heavy atom. The Morgan fingerprint density at radius 3 is 2.65 bits per heavy atom. The Hall–Kier alpha value is -1.26. The monoisotopic (exact) mass is 256 g/mol. The van der Waals surface area contributed by atoms with Crippen LogP contribution in [-0.4, -0.2) is 23.8 Å². The fourth-order valence-electron chi connectivity index (χ4n) is 1.49. The molecule has 1 unspecified atom stereocenters. The molecule has 0 aliphatic rings. The van der Waals surface area contributed by atoms with Crippen LogP contribution in [0.3, 0.4) is 0 Å². The molecule has 0 bridgehead atoms. The van der Waals surface area contributed by atoms with Crippen molar-refractivity contribution in [3.63, 3.8) is 0 Å². The summed E-state index contributed by atoms with van der Waals surface area (Å²) in [6.45, 7) is 5.43. The molecule has 94 valence electrons. The number of carbonyl (C=O) groups excluding carboxylic acids is 1. The molecule has 4 nitrogen and oxygen atoms in total. The Bertz CT molecular complexity index is 398. The van der Waals surface area contributed by atoms with Crippen molar-refractivity contribution in [1.82, 2.24) is 5.32 Å². The van der Waals surface area contributed by atoms with Crippen molar-refractivity contribution in [2.45, 2.75) is 26.8 Å². The van der Waals surface area contributed by atoms with Gasteiger partial charge in [-0.05, 0) is 38.0 Å². The van der Waals surface area contributed by atoms with Crippen molar-refractivity contribution in [3.05, 3.63) is 28.3 Å². The van der Waals surface area contributed by atoms with Gasteiger partial charge in [0.15, 0.2) is 0 Å². The van der Waals surface area contributed by atoms with Gasteiger partial charge in [-0.3, -0.25) is 0 Å². The zero-order valence-corrected chi connectivity index (χ0v) is 10.9. The SMILES string of the molecule is Cc1cc(C)c(NC(=O)NC(C)CO)c(Cl)c1. The molecule has 0 spiro atoms. The van der Waals surface area contributed by atoms with Crippen LogP contribution >= 0.6 is 11.6 Å². The minimum absolute atomic E-state index is 0.103. The van der Waals surface area contributed by atoms with Gasteiger partial charge >= 0.3 is 6.03 Å². The highest BCUT2D eigenvalue weighted by Crippen LogP contribution is 2.27. The van der Waals surface area contributed by atoms with Crippen molar-refractivity contribution in [2.75, 3.05) is 11.9 Å². The number of amides is 2. The molecule has 0 heterocycles. The van der Waals surface area contributed by atoms with Crippen LogP contribution in [0.1, 0.15) is 18.1 Å². The molecular formula is C12H17ClN2O2. The summed E-state index contributed by atoms with van der Waals surface area (Å²) in [5.74, 6) is 0.